The van der Waals surface area contributed by atoms with Gasteiger partial charge in [0.1, 0.15) is 12.0 Å². The molecule has 2 heterocycles. The zero-order valence-electron chi connectivity index (χ0n) is 16.4. The molecule has 0 spiro atoms. The summed E-state index contributed by atoms with van der Waals surface area (Å²) in [6.07, 6.45) is 5.21. The molecule has 6 heteroatoms. The number of aromatic nitrogens is 2. The van der Waals surface area contributed by atoms with Crippen LogP contribution in [-0.2, 0) is 0 Å². The summed E-state index contributed by atoms with van der Waals surface area (Å²) in [4.78, 5) is 4.06. The van der Waals surface area contributed by atoms with Gasteiger partial charge in [-0.3, -0.25) is 4.98 Å². The standard InChI is InChI=1S/C23H20N2O4/c1-26-20-12-18(13-21(27-2)23(20)28-3)22-19(14-29-25-22)17-6-4-15(5-7-17)16-8-10-24-11-9-16/h4-14H,1-3H3. The van der Waals surface area contributed by atoms with Gasteiger partial charge in [-0.2, -0.15) is 0 Å². The lowest BCUT2D eigenvalue weighted by molar-refractivity contribution is 0.324. The summed E-state index contributed by atoms with van der Waals surface area (Å²) in [5.74, 6) is 1.65. The van der Waals surface area contributed by atoms with Gasteiger partial charge in [-0.1, -0.05) is 29.4 Å². The lowest BCUT2D eigenvalue weighted by Crippen LogP contribution is -1.96. The second-order valence-corrected chi connectivity index (χ2v) is 6.30. The Morgan fingerprint density at radius 2 is 1.28 bits per heavy atom. The van der Waals surface area contributed by atoms with Crippen LogP contribution in [0.3, 0.4) is 0 Å². The molecule has 0 unspecified atom stereocenters. The first kappa shape index (κ1) is 18.6. The zero-order valence-corrected chi connectivity index (χ0v) is 16.4. The minimum Gasteiger partial charge on any atom is -0.493 e. The van der Waals surface area contributed by atoms with Crippen LogP contribution in [0.15, 0.2) is 71.7 Å². The van der Waals surface area contributed by atoms with Gasteiger partial charge in [-0.05, 0) is 41.0 Å². The predicted octanol–water partition coefficient (Wildman–Crippen LogP) is 5.10. The largest absolute Gasteiger partial charge is 0.493 e. The van der Waals surface area contributed by atoms with Gasteiger partial charge in [-0.15, -0.1) is 0 Å². The zero-order chi connectivity index (χ0) is 20.2. The van der Waals surface area contributed by atoms with Crippen LogP contribution in [0.4, 0.5) is 0 Å². The Bertz CT molecular complexity index is 1080. The number of hydrogen-bond donors (Lipinski definition) is 0. The van der Waals surface area contributed by atoms with Gasteiger partial charge in [0.05, 0.1) is 21.3 Å². The summed E-state index contributed by atoms with van der Waals surface area (Å²) in [6, 6.07) is 15.9. The average Bonchev–Trinajstić information content (AvgIpc) is 3.28. The van der Waals surface area contributed by atoms with Crippen molar-refractivity contribution in [3.05, 3.63) is 67.2 Å². The summed E-state index contributed by atoms with van der Waals surface area (Å²) in [5.41, 5.74) is 5.60. The Morgan fingerprint density at radius 3 is 1.86 bits per heavy atom. The van der Waals surface area contributed by atoms with Crippen LogP contribution < -0.4 is 14.2 Å². The third-order valence-electron chi connectivity index (χ3n) is 4.72. The highest BCUT2D eigenvalue weighted by Crippen LogP contribution is 2.43. The molecular weight excluding hydrogens is 368 g/mol. The molecular formula is C23H20N2O4. The van der Waals surface area contributed by atoms with Gasteiger partial charge in [0.2, 0.25) is 5.75 Å². The highest BCUT2D eigenvalue weighted by Gasteiger charge is 2.19. The molecule has 6 nitrogen and oxygen atoms in total. The number of ether oxygens (including phenoxy) is 3. The minimum atomic E-state index is 0.533. The second kappa shape index (κ2) is 8.06. The third-order valence-corrected chi connectivity index (χ3v) is 4.72. The van der Waals surface area contributed by atoms with Crippen LogP contribution in [0.2, 0.25) is 0 Å². The van der Waals surface area contributed by atoms with Crippen molar-refractivity contribution in [2.24, 2.45) is 0 Å². The molecule has 0 saturated heterocycles. The minimum absolute atomic E-state index is 0.533. The molecule has 29 heavy (non-hydrogen) atoms. The molecule has 0 N–H and O–H groups in total. The molecule has 0 fully saturated rings. The van der Waals surface area contributed by atoms with E-state index in [-0.39, 0.29) is 0 Å². The van der Waals surface area contributed by atoms with Gasteiger partial charge in [0.25, 0.3) is 0 Å². The monoisotopic (exact) mass is 388 g/mol. The van der Waals surface area contributed by atoms with Crippen LogP contribution in [-0.4, -0.2) is 31.5 Å². The van der Waals surface area contributed by atoms with Gasteiger partial charge in [0.15, 0.2) is 11.5 Å². The van der Waals surface area contributed by atoms with Gasteiger partial charge in [0, 0.05) is 23.5 Å². The number of rotatable bonds is 6. The fourth-order valence-electron chi connectivity index (χ4n) is 3.25. The molecule has 0 saturated carbocycles. The Labute approximate surface area is 168 Å². The van der Waals surface area contributed by atoms with Crippen molar-refractivity contribution in [1.29, 1.82) is 0 Å². The van der Waals surface area contributed by atoms with Crippen LogP contribution in [0, 0.1) is 0 Å². The molecule has 2 aromatic heterocycles. The van der Waals surface area contributed by atoms with E-state index in [2.05, 4.69) is 22.3 Å². The number of hydrogen-bond acceptors (Lipinski definition) is 6. The Morgan fingerprint density at radius 1 is 0.690 bits per heavy atom. The Kier molecular flexibility index (Phi) is 5.16. The van der Waals surface area contributed by atoms with Crippen molar-refractivity contribution in [3.63, 3.8) is 0 Å². The van der Waals surface area contributed by atoms with Crippen LogP contribution in [0.25, 0.3) is 33.5 Å². The maximum atomic E-state index is 5.46. The quantitative estimate of drug-likeness (QED) is 0.458. The molecule has 0 aliphatic carbocycles. The average molecular weight is 388 g/mol. The van der Waals surface area contributed by atoms with Gasteiger partial charge in [-0.25, -0.2) is 0 Å². The first-order chi connectivity index (χ1) is 14.2. The van der Waals surface area contributed by atoms with Crippen molar-refractivity contribution in [1.82, 2.24) is 10.1 Å². The number of nitrogens with zero attached hydrogens (tertiary/aromatic N) is 2. The van der Waals surface area contributed by atoms with Crippen molar-refractivity contribution in [2.45, 2.75) is 0 Å². The maximum absolute atomic E-state index is 5.46. The van der Waals surface area contributed by atoms with Crippen LogP contribution >= 0.6 is 0 Å². The SMILES string of the molecule is COc1cc(-c2nocc2-c2ccc(-c3ccncc3)cc2)cc(OC)c1OC. The van der Waals surface area contributed by atoms with Gasteiger partial charge < -0.3 is 18.7 Å². The number of pyridine rings is 1. The second-order valence-electron chi connectivity index (χ2n) is 6.30. The van der Waals surface area contributed by atoms with E-state index in [9.17, 15) is 0 Å². The summed E-state index contributed by atoms with van der Waals surface area (Å²) < 4.78 is 21.6. The molecule has 0 aliphatic heterocycles. The van der Waals surface area contributed by atoms with Crippen molar-refractivity contribution >= 4 is 0 Å². The number of benzene rings is 2. The van der Waals surface area contributed by atoms with Crippen LogP contribution in [0.5, 0.6) is 17.2 Å². The van der Waals surface area contributed by atoms with Crippen molar-refractivity contribution in [3.8, 4) is 50.8 Å². The Balaban J connectivity index is 1.74. The molecule has 4 aromatic rings. The fourth-order valence-corrected chi connectivity index (χ4v) is 3.25. The topological polar surface area (TPSA) is 66.6 Å². The summed E-state index contributed by atoms with van der Waals surface area (Å²) >= 11 is 0. The van der Waals surface area contributed by atoms with Crippen LogP contribution in [0.1, 0.15) is 0 Å². The molecule has 2 aromatic carbocycles. The highest BCUT2D eigenvalue weighted by atomic mass is 16.5. The van der Waals surface area contributed by atoms with E-state index in [1.165, 1.54) is 0 Å². The Hall–Kier alpha value is -3.80. The lowest BCUT2D eigenvalue weighted by Gasteiger charge is -2.13. The first-order valence-electron chi connectivity index (χ1n) is 9.00. The molecule has 0 atom stereocenters. The van der Waals surface area contributed by atoms with E-state index in [1.54, 1.807) is 40.0 Å². The lowest BCUT2D eigenvalue weighted by atomic mass is 9.98. The van der Waals surface area contributed by atoms with E-state index in [1.807, 2.05) is 36.4 Å². The molecule has 146 valence electrons. The summed E-state index contributed by atoms with van der Waals surface area (Å²) in [6.45, 7) is 0. The highest BCUT2D eigenvalue weighted by molar-refractivity contribution is 5.83. The van der Waals surface area contributed by atoms with Crippen molar-refractivity contribution in [2.75, 3.05) is 21.3 Å². The molecule has 0 amide bonds. The molecule has 0 radical (unpaired) electrons. The van der Waals surface area contributed by atoms with Gasteiger partial charge >= 0.3 is 0 Å². The van der Waals surface area contributed by atoms with E-state index in [0.29, 0.717) is 22.9 Å². The molecule has 0 bridgehead atoms. The smallest absolute Gasteiger partial charge is 0.203 e. The summed E-state index contributed by atoms with van der Waals surface area (Å²) in [7, 11) is 4.75. The maximum Gasteiger partial charge on any atom is 0.203 e. The first-order valence-corrected chi connectivity index (χ1v) is 9.00. The van der Waals surface area contributed by atoms with E-state index in [0.717, 1.165) is 27.8 Å². The van der Waals surface area contributed by atoms with Crippen molar-refractivity contribution < 1.29 is 18.7 Å². The fraction of sp³-hybridized carbons (Fsp3) is 0.130. The summed E-state index contributed by atoms with van der Waals surface area (Å²) in [5, 5.41) is 4.21. The molecule has 4 rings (SSSR count). The van der Waals surface area contributed by atoms with E-state index >= 15 is 0 Å². The van der Waals surface area contributed by atoms with E-state index < -0.39 is 0 Å². The third kappa shape index (κ3) is 3.52. The number of methoxy groups -OCH3 is 3. The predicted molar refractivity (Wildman–Crippen MR) is 110 cm³/mol. The van der Waals surface area contributed by atoms with E-state index in [4.69, 9.17) is 18.7 Å². The molecule has 0 aliphatic rings. The normalized spacial score (nSPS) is 10.6.